The maximum absolute atomic E-state index is 15.9. The van der Waals surface area contributed by atoms with Gasteiger partial charge in [0.25, 0.3) is 5.91 Å². The van der Waals surface area contributed by atoms with Crippen LogP contribution in [-0.4, -0.2) is 85.7 Å². The molecule has 3 saturated heterocycles. The molecule has 3 N–H and O–H groups in total. The zero-order chi connectivity index (χ0) is 42.7. The Kier molecular flexibility index (Phi) is 12.1. The van der Waals surface area contributed by atoms with Crippen molar-refractivity contribution >= 4 is 28.5 Å². The lowest BCUT2D eigenvalue weighted by molar-refractivity contribution is 0.0729. The number of nitrogens with one attached hydrogen (secondary N) is 1. The molecule has 3 aliphatic rings. The highest BCUT2D eigenvalue weighted by atomic mass is 19.1. The maximum Gasteiger partial charge on any atom is 0.254 e. The number of nitrogens with zero attached hydrogens (tertiary/aromatic N) is 6. The van der Waals surface area contributed by atoms with Crippen LogP contribution in [0.3, 0.4) is 0 Å². The van der Waals surface area contributed by atoms with Gasteiger partial charge in [0.05, 0.1) is 23.8 Å². The van der Waals surface area contributed by atoms with Gasteiger partial charge in [-0.05, 0) is 91.3 Å². The highest BCUT2D eigenvalue weighted by Gasteiger charge is 2.42. The number of benzene rings is 4. The highest BCUT2D eigenvalue weighted by molar-refractivity contribution is 5.99. The molecule has 2 atom stereocenters. The largest absolute Gasteiger partial charge is 0.381 e. The van der Waals surface area contributed by atoms with Crippen LogP contribution in [0.2, 0.25) is 0 Å². The molecule has 3 aliphatic heterocycles. The monoisotopic (exact) mass is 834 g/mol. The number of halogens is 1. The summed E-state index contributed by atoms with van der Waals surface area (Å²) in [5, 5.41) is 9.40. The van der Waals surface area contributed by atoms with Gasteiger partial charge in [-0.25, -0.2) is 14.1 Å². The fourth-order valence-corrected chi connectivity index (χ4v) is 9.68. The van der Waals surface area contributed by atoms with E-state index in [1.54, 1.807) is 35.2 Å². The average Bonchev–Trinajstić information content (AvgIpc) is 4.02. The number of rotatable bonds is 15. The average molecular weight is 835 g/mol. The Balaban J connectivity index is 1.01. The molecule has 4 aromatic carbocycles. The number of anilines is 1. The smallest absolute Gasteiger partial charge is 0.254 e. The SMILES string of the molecule is CCc1nc2c(cnn2CC)c(NC2CCOCC2)c1CN(Cc1ccc(F)c(-c2cccc(CN3C[C@@H]4C[C@@H]3CN4Cc3ccccc3)c2)c1)C(=O)c1cccc(C(N)=O)c1. The predicted octanol–water partition coefficient (Wildman–Crippen LogP) is 7.81. The molecule has 0 unspecified atom stereocenters. The van der Waals surface area contributed by atoms with Crippen molar-refractivity contribution in [2.75, 3.05) is 31.6 Å². The minimum Gasteiger partial charge on any atom is -0.381 e. The summed E-state index contributed by atoms with van der Waals surface area (Å²) in [6.45, 7) is 10.4. The van der Waals surface area contributed by atoms with E-state index in [1.165, 1.54) is 18.1 Å². The molecule has 12 heteroatoms. The molecule has 320 valence electrons. The number of aromatic nitrogens is 3. The summed E-state index contributed by atoms with van der Waals surface area (Å²) >= 11 is 0. The van der Waals surface area contributed by atoms with E-state index in [-0.39, 0.29) is 36.4 Å². The van der Waals surface area contributed by atoms with Gasteiger partial charge in [-0.1, -0.05) is 67.6 Å². The molecule has 0 radical (unpaired) electrons. The second-order valence-corrected chi connectivity index (χ2v) is 17.0. The number of carbonyl (C=O) groups is 2. The van der Waals surface area contributed by atoms with E-state index in [2.05, 4.69) is 69.6 Å². The molecule has 2 aromatic heterocycles. The Morgan fingerprint density at radius 2 is 1.56 bits per heavy atom. The van der Waals surface area contributed by atoms with Crippen molar-refractivity contribution in [1.82, 2.24) is 29.5 Å². The van der Waals surface area contributed by atoms with Crippen LogP contribution in [0.15, 0.2) is 103 Å². The Bertz CT molecular complexity index is 2570. The number of piperazine rings is 1. The molecule has 62 heavy (non-hydrogen) atoms. The number of fused-ring (bicyclic) bond motifs is 3. The first kappa shape index (κ1) is 41.4. The summed E-state index contributed by atoms with van der Waals surface area (Å²) in [5.41, 5.74) is 14.3. The van der Waals surface area contributed by atoms with Gasteiger partial charge in [-0.15, -0.1) is 0 Å². The van der Waals surface area contributed by atoms with Crippen LogP contribution >= 0.6 is 0 Å². The predicted molar refractivity (Wildman–Crippen MR) is 240 cm³/mol. The van der Waals surface area contributed by atoms with Crippen LogP contribution in [0.5, 0.6) is 0 Å². The van der Waals surface area contributed by atoms with Crippen molar-refractivity contribution in [3.8, 4) is 11.1 Å². The number of ether oxygens (including phenoxy) is 1. The first-order valence-corrected chi connectivity index (χ1v) is 22.0. The van der Waals surface area contributed by atoms with E-state index in [0.29, 0.717) is 49.4 Å². The molecule has 0 aliphatic carbocycles. The van der Waals surface area contributed by atoms with Crippen molar-refractivity contribution in [2.45, 2.75) is 90.4 Å². The number of nitrogens with two attached hydrogens (primary N) is 1. The van der Waals surface area contributed by atoms with Gasteiger partial charge >= 0.3 is 0 Å². The molecule has 6 aromatic rings. The minimum absolute atomic E-state index is 0.171. The fraction of sp³-hybridized carbons (Fsp3) is 0.360. The van der Waals surface area contributed by atoms with Gasteiger partial charge in [0.1, 0.15) is 5.82 Å². The Hall–Kier alpha value is -5.95. The molecule has 0 spiro atoms. The first-order chi connectivity index (χ1) is 30.2. The Labute approximate surface area is 362 Å². The maximum atomic E-state index is 15.9. The highest BCUT2D eigenvalue weighted by Crippen LogP contribution is 2.36. The Morgan fingerprint density at radius 3 is 2.29 bits per heavy atom. The number of aryl methyl sites for hydroxylation is 2. The van der Waals surface area contributed by atoms with Crippen LogP contribution in [0.25, 0.3) is 22.2 Å². The topological polar surface area (TPSA) is 122 Å². The quantitative estimate of drug-likeness (QED) is 0.108. The van der Waals surface area contributed by atoms with Crippen molar-refractivity contribution in [2.24, 2.45) is 5.73 Å². The van der Waals surface area contributed by atoms with E-state index in [4.69, 9.17) is 15.5 Å². The van der Waals surface area contributed by atoms with Crippen LogP contribution in [0.4, 0.5) is 10.1 Å². The summed E-state index contributed by atoms with van der Waals surface area (Å²) in [6.07, 6.45) is 5.35. The molecule has 9 rings (SSSR count). The number of likely N-dealkylation sites (tertiary alicyclic amines) is 2. The third-order valence-corrected chi connectivity index (χ3v) is 12.9. The second kappa shape index (κ2) is 18.2. The molecular formula is C50H55FN8O3. The summed E-state index contributed by atoms with van der Waals surface area (Å²) < 4.78 is 23.5. The number of hydrogen-bond acceptors (Lipinski definition) is 8. The lowest BCUT2D eigenvalue weighted by atomic mass is 9.99. The summed E-state index contributed by atoms with van der Waals surface area (Å²) in [7, 11) is 0. The van der Waals surface area contributed by atoms with E-state index >= 15 is 4.39 Å². The number of primary amides is 1. The van der Waals surface area contributed by atoms with Crippen molar-refractivity contribution in [3.63, 3.8) is 0 Å². The standard InChI is InChI=1S/C50H55FN8O3/c1-3-46-44(47(54-39-18-20-62-21-19-39)43-26-53-59(4-2)49(43)55-46)32-58(50(61)38-15-9-14-37(24-38)48(52)60)29-35-16-17-45(51)42(23-35)36-13-8-12-34(22-36)28-57-31-40-25-41(57)30-56(40)27-33-10-6-5-7-11-33/h5-17,22-24,26,39-41H,3-4,18-21,25,27-32H2,1-2H3,(H2,52,60)(H,54,55)/t40-,41+/m0/s1. The molecular weight excluding hydrogens is 780 g/mol. The number of amides is 2. The zero-order valence-electron chi connectivity index (χ0n) is 35.6. The molecule has 0 saturated carbocycles. The van der Waals surface area contributed by atoms with Gasteiger partial charge < -0.3 is 20.7 Å². The summed E-state index contributed by atoms with van der Waals surface area (Å²) in [6, 6.07) is 31.7. The van der Waals surface area contributed by atoms with E-state index in [0.717, 1.165) is 83.7 Å². The minimum atomic E-state index is -0.613. The third kappa shape index (κ3) is 8.72. The van der Waals surface area contributed by atoms with E-state index in [9.17, 15) is 9.59 Å². The zero-order valence-corrected chi connectivity index (χ0v) is 35.6. The molecule has 3 fully saturated rings. The van der Waals surface area contributed by atoms with Gasteiger partial charge in [-0.2, -0.15) is 5.10 Å². The molecule has 2 bridgehead atoms. The van der Waals surface area contributed by atoms with Crippen LogP contribution in [0, 0.1) is 5.82 Å². The molecule has 11 nitrogen and oxygen atoms in total. The molecule has 5 heterocycles. The lowest BCUT2D eigenvalue weighted by Gasteiger charge is -2.34. The van der Waals surface area contributed by atoms with Gasteiger partial charge in [0.15, 0.2) is 5.65 Å². The third-order valence-electron chi connectivity index (χ3n) is 12.9. The number of hydrogen-bond donors (Lipinski definition) is 2. The first-order valence-electron chi connectivity index (χ1n) is 22.0. The summed E-state index contributed by atoms with van der Waals surface area (Å²) in [5.74, 6) is -1.22. The summed E-state index contributed by atoms with van der Waals surface area (Å²) in [4.78, 5) is 39.1. The molecule has 2 amide bonds. The van der Waals surface area contributed by atoms with Crippen LogP contribution < -0.4 is 11.1 Å². The van der Waals surface area contributed by atoms with Crippen LogP contribution in [0.1, 0.15) is 81.8 Å². The van der Waals surface area contributed by atoms with Gasteiger partial charge in [0.2, 0.25) is 5.91 Å². The van der Waals surface area contributed by atoms with Crippen molar-refractivity contribution in [1.29, 1.82) is 0 Å². The van der Waals surface area contributed by atoms with E-state index < -0.39 is 5.91 Å². The van der Waals surface area contributed by atoms with E-state index in [1.807, 2.05) is 36.0 Å². The van der Waals surface area contributed by atoms with Crippen LogP contribution in [-0.2, 0) is 43.9 Å². The lowest BCUT2D eigenvalue weighted by Crippen LogP contribution is -2.45. The number of carbonyl (C=O) groups excluding carboxylic acids is 2. The van der Waals surface area contributed by atoms with Crippen molar-refractivity contribution in [3.05, 3.63) is 148 Å². The number of pyridine rings is 1. The Morgan fingerprint density at radius 1 is 0.839 bits per heavy atom. The van der Waals surface area contributed by atoms with Gasteiger partial charge in [-0.3, -0.25) is 19.4 Å². The normalized spacial score (nSPS) is 18.1. The fourth-order valence-electron chi connectivity index (χ4n) is 9.68. The van der Waals surface area contributed by atoms with Crippen molar-refractivity contribution < 1.29 is 18.7 Å². The van der Waals surface area contributed by atoms with Gasteiger partial charge in [0, 0.05) is 98.6 Å². The second-order valence-electron chi connectivity index (χ2n) is 17.0.